The van der Waals surface area contributed by atoms with Crippen LogP contribution in [0.1, 0.15) is 62.9 Å². The number of urea groups is 1. The topological polar surface area (TPSA) is 98.2 Å². The molecule has 4 amide bonds. The molecule has 7 heteroatoms. The van der Waals surface area contributed by atoms with Crippen molar-refractivity contribution in [2.75, 3.05) is 0 Å². The first-order valence-electron chi connectivity index (χ1n) is 12.0. The van der Waals surface area contributed by atoms with E-state index in [-0.39, 0.29) is 0 Å². The van der Waals surface area contributed by atoms with Gasteiger partial charge in [-0.15, -0.1) is 0 Å². The summed E-state index contributed by atoms with van der Waals surface area (Å²) in [6, 6.07) is 16.3. The summed E-state index contributed by atoms with van der Waals surface area (Å²) in [5, 5.41) is 21.6. The highest BCUT2D eigenvalue weighted by atomic mass is 16.3. The van der Waals surface area contributed by atoms with Gasteiger partial charge in [0.15, 0.2) is 0 Å². The lowest BCUT2D eigenvalue weighted by Gasteiger charge is -2.32. The van der Waals surface area contributed by atoms with Crippen molar-refractivity contribution in [2.24, 2.45) is 11.8 Å². The Morgan fingerprint density at radius 3 is 1.44 bits per heavy atom. The van der Waals surface area contributed by atoms with Gasteiger partial charge >= 0.3 is 6.03 Å². The van der Waals surface area contributed by atoms with Crippen molar-refractivity contribution >= 4 is 17.8 Å². The molecular weight excluding hydrogens is 432 g/mol. The summed E-state index contributed by atoms with van der Waals surface area (Å²) in [6.45, 7) is 3.22. The van der Waals surface area contributed by atoms with Crippen molar-refractivity contribution in [3.8, 4) is 0 Å². The third-order valence-electron chi connectivity index (χ3n) is 7.25. The lowest BCUT2D eigenvalue weighted by Crippen LogP contribution is -2.45. The monoisotopic (exact) mass is 464 g/mol. The first kappa shape index (κ1) is 24.1. The molecule has 2 aromatic rings. The number of aliphatic hydroxyl groups excluding tert-OH is 2. The molecule has 2 fully saturated rings. The molecule has 1 heterocycles. The van der Waals surface area contributed by atoms with Crippen LogP contribution in [0.15, 0.2) is 60.7 Å². The molecule has 1 saturated carbocycles. The van der Waals surface area contributed by atoms with Gasteiger partial charge in [-0.25, -0.2) is 4.79 Å². The average molecular weight is 465 g/mol. The molecule has 7 nitrogen and oxygen atoms in total. The minimum Gasteiger partial charge on any atom is -0.388 e. The van der Waals surface area contributed by atoms with Crippen LogP contribution in [0.4, 0.5) is 4.79 Å². The number of benzene rings is 2. The smallest absolute Gasteiger partial charge is 0.334 e. The van der Waals surface area contributed by atoms with Crippen molar-refractivity contribution in [2.45, 2.75) is 63.8 Å². The standard InChI is InChI=1S/C27H32N2O5/c1-17(23(30)19-11-5-3-6-12-19)25(32)28-21-15-9-10-16-22(21)29(27(28)34)26(33)18(2)24(31)20-13-7-4-8-14-20/h3-8,11-14,17-18,21-24,30-31H,9-10,15-16H2,1-2H3/t17-,18-,21-,22-,23-,24-/m1/s1. The molecule has 180 valence electrons. The highest BCUT2D eigenvalue weighted by Crippen LogP contribution is 2.38. The van der Waals surface area contributed by atoms with Crippen LogP contribution in [0.3, 0.4) is 0 Å². The van der Waals surface area contributed by atoms with Gasteiger partial charge in [0.05, 0.1) is 36.1 Å². The Balaban J connectivity index is 1.57. The molecule has 1 aliphatic carbocycles. The van der Waals surface area contributed by atoms with Gasteiger partial charge in [0, 0.05) is 0 Å². The van der Waals surface area contributed by atoms with E-state index in [2.05, 4.69) is 0 Å². The number of aliphatic hydroxyl groups is 2. The first-order valence-corrected chi connectivity index (χ1v) is 12.0. The van der Waals surface area contributed by atoms with Gasteiger partial charge in [0.25, 0.3) is 0 Å². The molecule has 4 rings (SSSR count). The minimum atomic E-state index is -1.06. The van der Waals surface area contributed by atoms with Crippen LogP contribution in [0.25, 0.3) is 0 Å². The van der Waals surface area contributed by atoms with Crippen LogP contribution in [-0.4, -0.2) is 49.9 Å². The van der Waals surface area contributed by atoms with E-state index in [1.165, 1.54) is 9.80 Å². The van der Waals surface area contributed by atoms with Crippen LogP contribution >= 0.6 is 0 Å². The summed E-state index contributed by atoms with van der Waals surface area (Å²) in [6.07, 6.45) is 0.834. The molecule has 0 spiro atoms. The van der Waals surface area contributed by atoms with E-state index in [1.54, 1.807) is 62.4 Å². The second kappa shape index (κ2) is 10.1. The second-order valence-corrected chi connectivity index (χ2v) is 9.41. The van der Waals surface area contributed by atoms with Crippen molar-refractivity contribution in [3.63, 3.8) is 0 Å². The Bertz CT molecular complexity index is 946. The fourth-order valence-electron chi connectivity index (χ4n) is 5.20. The number of amides is 4. The summed E-state index contributed by atoms with van der Waals surface area (Å²) < 4.78 is 0. The Hall–Kier alpha value is -3.03. The van der Waals surface area contributed by atoms with Crippen molar-refractivity contribution in [3.05, 3.63) is 71.8 Å². The van der Waals surface area contributed by atoms with E-state index >= 15 is 0 Å². The van der Waals surface area contributed by atoms with Gasteiger partial charge in [-0.2, -0.15) is 0 Å². The molecule has 2 aliphatic rings. The number of hydrogen-bond donors (Lipinski definition) is 2. The van der Waals surface area contributed by atoms with Crippen LogP contribution in [0.5, 0.6) is 0 Å². The molecule has 0 radical (unpaired) electrons. The van der Waals surface area contributed by atoms with Gasteiger partial charge < -0.3 is 10.2 Å². The molecule has 1 saturated heterocycles. The predicted octanol–water partition coefficient (Wildman–Crippen LogP) is 3.83. The normalized spacial score (nSPS) is 23.7. The fourth-order valence-corrected chi connectivity index (χ4v) is 5.20. The van der Waals surface area contributed by atoms with Gasteiger partial charge in [-0.3, -0.25) is 19.4 Å². The van der Waals surface area contributed by atoms with E-state index in [4.69, 9.17) is 0 Å². The van der Waals surface area contributed by atoms with Crippen molar-refractivity contribution in [1.82, 2.24) is 9.80 Å². The molecule has 0 aromatic heterocycles. The zero-order valence-electron chi connectivity index (χ0n) is 19.6. The minimum absolute atomic E-state index is 0.413. The van der Waals surface area contributed by atoms with E-state index in [0.717, 1.165) is 12.8 Å². The lowest BCUT2D eigenvalue weighted by molar-refractivity contribution is -0.137. The summed E-state index contributed by atoms with van der Waals surface area (Å²) in [7, 11) is 0. The number of carbonyl (C=O) groups excluding carboxylic acids is 3. The van der Waals surface area contributed by atoms with Crippen LogP contribution in [0, 0.1) is 11.8 Å². The molecule has 0 bridgehead atoms. The summed E-state index contributed by atoms with van der Waals surface area (Å²) >= 11 is 0. The summed E-state index contributed by atoms with van der Waals surface area (Å²) in [4.78, 5) is 42.9. The summed E-state index contributed by atoms with van der Waals surface area (Å²) in [5.41, 5.74) is 1.20. The molecule has 2 aromatic carbocycles. The first-order chi connectivity index (χ1) is 16.3. The maximum Gasteiger partial charge on any atom is 0.334 e. The van der Waals surface area contributed by atoms with Gasteiger partial charge in [0.2, 0.25) is 11.8 Å². The highest BCUT2D eigenvalue weighted by Gasteiger charge is 2.53. The van der Waals surface area contributed by atoms with Crippen LogP contribution in [0.2, 0.25) is 0 Å². The van der Waals surface area contributed by atoms with Gasteiger partial charge in [0.1, 0.15) is 0 Å². The third kappa shape index (κ3) is 4.38. The van der Waals surface area contributed by atoms with Gasteiger partial charge in [-0.05, 0) is 24.0 Å². The molecule has 1 aliphatic heterocycles. The molecule has 6 atom stereocenters. The molecule has 2 N–H and O–H groups in total. The van der Waals surface area contributed by atoms with Crippen molar-refractivity contribution in [1.29, 1.82) is 0 Å². The SMILES string of the molecule is C[C@@H](C(=O)N1C(=O)N(C(=O)[C@H](C)[C@@H](O)c2ccccc2)[C@@H]2CCCC[C@H]21)[C@@H](O)c1ccccc1. The number of nitrogens with zero attached hydrogens (tertiary/aromatic N) is 2. The largest absolute Gasteiger partial charge is 0.388 e. The Morgan fingerprint density at radius 2 is 1.09 bits per heavy atom. The molecule has 34 heavy (non-hydrogen) atoms. The predicted molar refractivity (Wildman–Crippen MR) is 126 cm³/mol. The van der Waals surface area contributed by atoms with E-state index in [9.17, 15) is 24.6 Å². The average Bonchev–Trinajstić information content (AvgIpc) is 3.18. The second-order valence-electron chi connectivity index (χ2n) is 9.41. The third-order valence-corrected chi connectivity index (χ3v) is 7.25. The molecular formula is C27H32N2O5. The Labute approximate surface area is 200 Å². The Kier molecular flexibility index (Phi) is 7.14. The lowest BCUT2D eigenvalue weighted by atomic mass is 9.88. The number of fused-ring (bicyclic) bond motifs is 1. The maximum atomic E-state index is 13.5. The maximum absolute atomic E-state index is 13.5. The number of carbonyl (C=O) groups is 3. The summed E-state index contributed by atoms with van der Waals surface area (Å²) in [5.74, 6) is -2.66. The van der Waals surface area contributed by atoms with Gasteiger partial charge in [-0.1, -0.05) is 87.4 Å². The quantitative estimate of drug-likeness (QED) is 0.677. The van der Waals surface area contributed by atoms with Crippen LogP contribution < -0.4 is 0 Å². The number of imide groups is 2. The molecule has 0 unspecified atom stereocenters. The van der Waals surface area contributed by atoms with E-state index in [0.29, 0.717) is 24.0 Å². The number of rotatable bonds is 6. The zero-order valence-corrected chi connectivity index (χ0v) is 19.6. The Morgan fingerprint density at radius 1 is 0.735 bits per heavy atom. The van der Waals surface area contributed by atoms with E-state index in [1.807, 2.05) is 12.1 Å². The van der Waals surface area contributed by atoms with E-state index < -0.39 is 54.0 Å². The number of hydrogen-bond acceptors (Lipinski definition) is 5. The highest BCUT2D eigenvalue weighted by molar-refractivity contribution is 6.06. The fraction of sp³-hybridized carbons (Fsp3) is 0.444. The van der Waals surface area contributed by atoms with Crippen molar-refractivity contribution < 1.29 is 24.6 Å². The van der Waals surface area contributed by atoms with Crippen LogP contribution in [-0.2, 0) is 9.59 Å². The zero-order chi connectivity index (χ0) is 24.4.